The van der Waals surface area contributed by atoms with Crippen LogP contribution in [0.5, 0.6) is 17.2 Å². The molecule has 6 unspecified atom stereocenters. The number of hydrogen-bond donors (Lipinski definition) is 8. The topological polar surface area (TPSA) is 384 Å². The molecule has 0 saturated carbocycles. The maximum Gasteiger partial charge on any atom is 0.407 e. The summed E-state index contributed by atoms with van der Waals surface area (Å²) in [5, 5.41) is 53.4. The summed E-state index contributed by atoms with van der Waals surface area (Å²) in [6.45, 7) is 3.25. The van der Waals surface area contributed by atoms with Crippen molar-refractivity contribution in [1.82, 2.24) is 20.9 Å². The summed E-state index contributed by atoms with van der Waals surface area (Å²) in [7, 11) is 4.27. The Kier molecular flexibility index (Phi) is 23.5. The Morgan fingerprint density at radius 2 is 1.32 bits per heavy atom. The first kappa shape index (κ1) is 62.2. The third-order valence-corrected chi connectivity index (χ3v) is 12.7. The van der Waals surface area contributed by atoms with E-state index in [0.717, 1.165) is 0 Å². The number of esters is 2. The van der Waals surface area contributed by atoms with Crippen molar-refractivity contribution in [3.63, 3.8) is 0 Å². The molecule has 1 aliphatic heterocycles. The second-order valence-corrected chi connectivity index (χ2v) is 18.3. The Morgan fingerprint density at radius 3 is 1.86 bits per heavy atom. The van der Waals surface area contributed by atoms with Crippen LogP contribution in [0.4, 0.5) is 9.59 Å². The van der Waals surface area contributed by atoms with E-state index < -0.39 is 151 Å². The zero-order chi connectivity index (χ0) is 57.3. The number of aliphatic hydroxyl groups excluding tert-OH is 1. The van der Waals surface area contributed by atoms with Crippen molar-refractivity contribution in [1.29, 1.82) is 0 Å². The maximum absolute atomic E-state index is 14.3. The number of ketones is 2. The first-order valence-corrected chi connectivity index (χ1v) is 24.9. The quantitative estimate of drug-likeness (QED) is 0.0188. The van der Waals surface area contributed by atoms with Crippen molar-refractivity contribution in [3.05, 3.63) is 51.6 Å². The van der Waals surface area contributed by atoms with Crippen LogP contribution in [0.15, 0.2) is 18.2 Å². The molecular weight excluding hydrogens is 1040 g/mol. The van der Waals surface area contributed by atoms with Gasteiger partial charge in [-0.15, -0.1) is 0 Å². The highest BCUT2D eigenvalue weighted by molar-refractivity contribution is 6.31. The molecule has 78 heavy (non-hydrogen) atoms. The Bertz CT molecular complexity index is 2410. The highest BCUT2D eigenvalue weighted by Gasteiger charge is 2.51. The number of nitrogens with two attached hydrogens (primary N) is 1. The number of carbonyl (C=O) groups excluding carboxylic acids is 8. The number of imide groups is 1. The van der Waals surface area contributed by atoms with Gasteiger partial charge in [-0.2, -0.15) is 0 Å². The van der Waals surface area contributed by atoms with E-state index in [1.165, 1.54) is 65.2 Å². The normalized spacial score (nSPS) is 21.2. The number of amides is 4. The highest BCUT2D eigenvalue weighted by atomic mass is 16.7. The molecule has 2 aliphatic carbocycles. The molecule has 8 atom stereocenters. The number of aliphatic hydroxyl groups is 2. The van der Waals surface area contributed by atoms with Crippen molar-refractivity contribution in [2.45, 2.75) is 88.4 Å². The molecule has 0 bridgehead atoms. The van der Waals surface area contributed by atoms with Gasteiger partial charge in [0.25, 0.3) is 5.91 Å². The molecule has 1 saturated heterocycles. The van der Waals surface area contributed by atoms with Crippen molar-refractivity contribution in [2.75, 3.05) is 107 Å². The van der Waals surface area contributed by atoms with E-state index in [-0.39, 0.29) is 87.2 Å². The summed E-state index contributed by atoms with van der Waals surface area (Å²) in [4.78, 5) is 108. The molecular formula is C50H69N5O23. The minimum atomic E-state index is -2.67. The third-order valence-electron chi connectivity index (χ3n) is 12.7. The van der Waals surface area contributed by atoms with E-state index in [4.69, 9.17) is 57.8 Å². The van der Waals surface area contributed by atoms with Gasteiger partial charge >= 0.3 is 24.1 Å². The van der Waals surface area contributed by atoms with Crippen molar-refractivity contribution >= 4 is 47.5 Å². The van der Waals surface area contributed by atoms with Crippen LogP contribution in [-0.4, -0.2) is 222 Å². The van der Waals surface area contributed by atoms with Crippen molar-refractivity contribution in [3.8, 4) is 17.2 Å². The number of phenolic OH excluding ortho intramolecular Hbond substituents is 2. The van der Waals surface area contributed by atoms with Gasteiger partial charge in [-0.1, -0.05) is 12.1 Å². The predicted molar refractivity (Wildman–Crippen MR) is 264 cm³/mol. The van der Waals surface area contributed by atoms with E-state index in [1.807, 2.05) is 0 Å². The molecule has 3 aliphatic rings. The number of hydrogen-bond acceptors (Lipinski definition) is 25. The van der Waals surface area contributed by atoms with E-state index in [1.54, 1.807) is 0 Å². The summed E-state index contributed by atoms with van der Waals surface area (Å²) in [6.07, 6.45) is -8.49. The fourth-order valence-corrected chi connectivity index (χ4v) is 8.55. The summed E-state index contributed by atoms with van der Waals surface area (Å²) >= 11 is 0. The number of methoxy groups -OCH3 is 3. The number of nitrogens with one attached hydrogen (secondary N) is 3. The van der Waals surface area contributed by atoms with E-state index in [2.05, 4.69) is 16.0 Å². The molecule has 0 radical (unpaired) electrons. The standard InChI is InChI=1S/C50H69N5O23/c1-26(52-48(65)75-20-18-71-16-14-68-4)45(62)73-12-10-55(11-13-74-46(63)27(2)53-49(66)76-21-19-72-17-15-69-5)25-34(56)54-47(64)50(67)23-30-37(33(24-50)78-35-22-31(51)40(57)28(3)77-35)44(61)39-38(42(30)59)41(58)29-8-7-9-32(70-6)36(29)43(39)60/h7-9,26-28,31,33,35,40,57,59,61,67H,10-25,51H2,1-6H3,(H,52,65)(H,53,66)(H,54,56,64)/t26?,27?,28?,31?,33-,35?,40?,50-/m1/s1. The highest BCUT2D eigenvalue weighted by Crippen LogP contribution is 2.52. The molecule has 28 heteroatoms. The minimum absolute atomic E-state index is 0.00544. The van der Waals surface area contributed by atoms with Crippen LogP contribution in [0.3, 0.4) is 0 Å². The number of benzene rings is 2. The van der Waals surface area contributed by atoms with Crippen molar-refractivity contribution < 1.29 is 111 Å². The number of rotatable bonds is 28. The van der Waals surface area contributed by atoms with Crippen molar-refractivity contribution in [2.24, 2.45) is 5.73 Å². The number of phenols is 2. The zero-order valence-electron chi connectivity index (χ0n) is 44.2. The monoisotopic (exact) mass is 1110 g/mol. The van der Waals surface area contributed by atoms with Crippen LogP contribution in [0.1, 0.15) is 82.7 Å². The van der Waals surface area contributed by atoms with Gasteiger partial charge in [0.05, 0.1) is 88.3 Å². The summed E-state index contributed by atoms with van der Waals surface area (Å²) in [5.41, 5.74) is 1.25. The summed E-state index contributed by atoms with van der Waals surface area (Å²) in [5.74, 6) is -7.67. The fourth-order valence-electron chi connectivity index (χ4n) is 8.55. The van der Waals surface area contributed by atoms with Crippen LogP contribution < -0.4 is 26.4 Å². The molecule has 4 amide bonds. The molecule has 0 aromatic heterocycles. The minimum Gasteiger partial charge on any atom is -0.507 e. The van der Waals surface area contributed by atoms with Gasteiger partial charge < -0.3 is 88.9 Å². The summed E-state index contributed by atoms with van der Waals surface area (Å²) in [6, 6.07) is 0.886. The molecule has 1 heterocycles. The molecule has 28 nitrogen and oxygen atoms in total. The van der Waals surface area contributed by atoms with Crippen LogP contribution in [-0.2, 0) is 73.0 Å². The number of fused-ring (bicyclic) bond motifs is 3. The lowest BCUT2D eigenvalue weighted by molar-refractivity contribution is -0.247. The summed E-state index contributed by atoms with van der Waals surface area (Å²) < 4.78 is 58.2. The van der Waals surface area contributed by atoms with Gasteiger partial charge in [0.2, 0.25) is 11.7 Å². The number of alkyl carbamates (subject to hydrolysis) is 2. The van der Waals surface area contributed by atoms with Gasteiger partial charge in [-0.3, -0.25) is 29.4 Å². The average Bonchev–Trinajstić information content (AvgIpc) is 3.59. The molecule has 5 rings (SSSR count). The SMILES string of the molecule is COCCOCCOC(=O)NC(C)C(=O)OCCN(CCOC(=O)C(C)NC(=O)OCCOCCOC)CC(=O)NC(=O)[C@@]1(O)Cc2c(O)c3c(c(O)c2[C@H](OC2CC(N)C(O)C(C)O2)C1)C(=O)c1c(OC)cccc1C3=O. The van der Waals surface area contributed by atoms with E-state index >= 15 is 0 Å². The largest absolute Gasteiger partial charge is 0.507 e. The third kappa shape index (κ3) is 16.2. The second-order valence-electron chi connectivity index (χ2n) is 18.3. The Morgan fingerprint density at radius 1 is 0.769 bits per heavy atom. The van der Waals surface area contributed by atoms with Crippen LogP contribution >= 0.6 is 0 Å². The zero-order valence-corrected chi connectivity index (χ0v) is 44.2. The molecule has 2 aromatic carbocycles. The number of nitrogens with zero attached hydrogens (tertiary/aromatic N) is 1. The van der Waals surface area contributed by atoms with Crippen LogP contribution in [0, 0.1) is 0 Å². The molecule has 9 N–H and O–H groups in total. The average molecular weight is 1110 g/mol. The molecule has 2 aromatic rings. The van der Waals surface area contributed by atoms with Crippen LogP contribution in [0.25, 0.3) is 0 Å². The van der Waals surface area contributed by atoms with Gasteiger partial charge in [-0.05, 0) is 26.8 Å². The van der Waals surface area contributed by atoms with Gasteiger partial charge in [0.15, 0.2) is 17.7 Å². The van der Waals surface area contributed by atoms with Gasteiger partial charge in [-0.25, -0.2) is 19.2 Å². The smallest absolute Gasteiger partial charge is 0.407 e. The number of carbonyl (C=O) groups is 8. The van der Waals surface area contributed by atoms with Crippen LogP contribution in [0.2, 0.25) is 0 Å². The predicted octanol–water partition coefficient (Wildman–Crippen LogP) is -0.973. The molecule has 1 fully saturated rings. The number of aromatic hydroxyl groups is 2. The fraction of sp³-hybridized carbons (Fsp3) is 0.600. The van der Waals surface area contributed by atoms with E-state index in [9.17, 15) is 58.8 Å². The second kappa shape index (κ2) is 29.4. The lowest BCUT2D eigenvalue weighted by Gasteiger charge is -2.42. The maximum atomic E-state index is 14.3. The molecule has 0 spiro atoms. The number of ether oxygens (including phenoxy) is 11. The first-order valence-electron chi connectivity index (χ1n) is 24.9. The van der Waals surface area contributed by atoms with E-state index in [0.29, 0.717) is 13.2 Å². The lowest BCUT2D eigenvalue weighted by Crippen LogP contribution is -2.55. The Balaban J connectivity index is 1.32. The first-order chi connectivity index (χ1) is 37.2. The Labute approximate surface area is 448 Å². The van der Waals surface area contributed by atoms with Gasteiger partial charge in [0, 0.05) is 69.3 Å². The Hall–Kier alpha value is -6.60. The molecule has 432 valence electrons. The lowest BCUT2D eigenvalue weighted by atomic mass is 9.72. The van der Waals surface area contributed by atoms with Gasteiger partial charge in [0.1, 0.15) is 55.8 Å².